The third kappa shape index (κ3) is 3.05. The Bertz CT molecular complexity index is 808. The van der Waals surface area contributed by atoms with E-state index in [9.17, 15) is 13.6 Å². The van der Waals surface area contributed by atoms with Crippen molar-refractivity contribution in [2.45, 2.75) is 13.3 Å². The topological polar surface area (TPSA) is 71.8 Å². The summed E-state index contributed by atoms with van der Waals surface area (Å²) < 4.78 is 28.8. The molecule has 0 atom stereocenters. The number of hydrogen-bond donors (Lipinski definition) is 2. The maximum Gasteiger partial charge on any atom is 0.276 e. The molecule has 0 spiro atoms. The number of carbonyl (C=O) groups is 1. The van der Waals surface area contributed by atoms with Gasteiger partial charge in [-0.05, 0) is 31.5 Å². The Labute approximate surface area is 137 Å². The second-order valence-corrected chi connectivity index (χ2v) is 5.66. The molecule has 0 radical (unpaired) electrons. The average molecular weight is 333 g/mol. The standard InChI is InChI=1S/C16H17F2N5O/c1-9-3-4-19-6-10(9)14-5-13(22-23(14)2)16(24)21-15-11(17)7-20-8-12(15)18/h5,7-8,19H,3-4,6H2,1-2H3,(H,20,21,24). The molecule has 0 unspecified atom stereocenters. The lowest BCUT2D eigenvalue weighted by atomic mass is 10.00. The highest BCUT2D eigenvalue weighted by molar-refractivity contribution is 6.03. The summed E-state index contributed by atoms with van der Waals surface area (Å²) in [4.78, 5) is 15.7. The summed E-state index contributed by atoms with van der Waals surface area (Å²) in [5, 5.41) is 9.65. The predicted molar refractivity (Wildman–Crippen MR) is 85.4 cm³/mol. The molecule has 0 bridgehead atoms. The second kappa shape index (κ2) is 6.48. The van der Waals surface area contributed by atoms with E-state index in [1.807, 2.05) is 6.92 Å². The molecule has 24 heavy (non-hydrogen) atoms. The van der Waals surface area contributed by atoms with Crippen LogP contribution in [0.5, 0.6) is 0 Å². The Hall–Kier alpha value is -2.61. The smallest absolute Gasteiger partial charge is 0.276 e. The van der Waals surface area contributed by atoms with Gasteiger partial charge in [-0.1, -0.05) is 5.57 Å². The van der Waals surface area contributed by atoms with Crippen LogP contribution in [0.4, 0.5) is 14.5 Å². The highest BCUT2D eigenvalue weighted by Crippen LogP contribution is 2.24. The molecule has 0 aromatic carbocycles. The molecule has 0 aliphatic carbocycles. The lowest BCUT2D eigenvalue weighted by Gasteiger charge is -2.18. The van der Waals surface area contributed by atoms with E-state index in [4.69, 9.17) is 0 Å². The molecule has 1 amide bonds. The van der Waals surface area contributed by atoms with Crippen LogP contribution in [0.3, 0.4) is 0 Å². The zero-order valence-electron chi connectivity index (χ0n) is 13.4. The van der Waals surface area contributed by atoms with Gasteiger partial charge in [0.1, 0.15) is 5.69 Å². The van der Waals surface area contributed by atoms with E-state index in [2.05, 4.69) is 20.7 Å². The van der Waals surface area contributed by atoms with Crippen molar-refractivity contribution >= 4 is 17.2 Å². The normalized spacial score (nSPS) is 14.8. The fourth-order valence-corrected chi connectivity index (χ4v) is 2.67. The first kappa shape index (κ1) is 16.3. The lowest BCUT2D eigenvalue weighted by Crippen LogP contribution is -2.24. The molecule has 0 fully saturated rings. The first-order valence-electron chi connectivity index (χ1n) is 7.51. The summed E-state index contributed by atoms with van der Waals surface area (Å²) >= 11 is 0. The van der Waals surface area contributed by atoms with Gasteiger partial charge in [0.25, 0.3) is 5.91 Å². The fraction of sp³-hybridized carbons (Fsp3) is 0.312. The molecule has 126 valence electrons. The monoisotopic (exact) mass is 333 g/mol. The molecule has 3 rings (SSSR count). The molecule has 2 aromatic rings. The first-order chi connectivity index (χ1) is 11.5. The Balaban J connectivity index is 1.88. The van der Waals surface area contributed by atoms with E-state index < -0.39 is 23.2 Å². The van der Waals surface area contributed by atoms with Crippen molar-refractivity contribution in [3.05, 3.63) is 47.1 Å². The zero-order chi connectivity index (χ0) is 17.3. The van der Waals surface area contributed by atoms with Crippen molar-refractivity contribution in [1.29, 1.82) is 0 Å². The van der Waals surface area contributed by atoms with E-state index >= 15 is 0 Å². The van der Waals surface area contributed by atoms with Gasteiger partial charge >= 0.3 is 0 Å². The molecule has 3 heterocycles. The van der Waals surface area contributed by atoms with Gasteiger partial charge < -0.3 is 10.6 Å². The predicted octanol–water partition coefficient (Wildman–Crippen LogP) is 2.11. The largest absolute Gasteiger partial charge is 0.316 e. The summed E-state index contributed by atoms with van der Waals surface area (Å²) in [6, 6.07) is 1.62. The lowest BCUT2D eigenvalue weighted by molar-refractivity contribution is 0.102. The molecular weight excluding hydrogens is 316 g/mol. The van der Waals surface area contributed by atoms with Crippen LogP contribution >= 0.6 is 0 Å². The second-order valence-electron chi connectivity index (χ2n) is 5.66. The highest BCUT2D eigenvalue weighted by Gasteiger charge is 2.20. The van der Waals surface area contributed by atoms with Crippen LogP contribution in [-0.2, 0) is 7.05 Å². The summed E-state index contributed by atoms with van der Waals surface area (Å²) in [6.07, 6.45) is 2.60. The SMILES string of the molecule is CC1=C(c2cc(C(=O)Nc3c(F)cncc3F)nn2C)CNCC1. The molecule has 6 nitrogen and oxygen atoms in total. The van der Waals surface area contributed by atoms with Gasteiger partial charge in [0.05, 0.1) is 18.1 Å². The molecule has 1 aliphatic rings. The minimum absolute atomic E-state index is 0.0917. The Morgan fingerprint density at radius 3 is 2.71 bits per heavy atom. The van der Waals surface area contributed by atoms with Gasteiger partial charge in [-0.2, -0.15) is 5.10 Å². The minimum Gasteiger partial charge on any atom is -0.316 e. The number of amides is 1. The molecule has 2 N–H and O–H groups in total. The van der Waals surface area contributed by atoms with E-state index in [0.717, 1.165) is 36.6 Å². The Kier molecular flexibility index (Phi) is 4.39. The maximum atomic E-state index is 13.6. The van der Waals surface area contributed by atoms with Crippen molar-refractivity contribution in [2.75, 3.05) is 18.4 Å². The minimum atomic E-state index is -0.936. The number of anilines is 1. The number of aryl methyl sites for hydroxylation is 1. The summed E-state index contributed by atoms with van der Waals surface area (Å²) in [6.45, 7) is 3.66. The highest BCUT2D eigenvalue weighted by atomic mass is 19.1. The number of nitrogens with zero attached hydrogens (tertiary/aromatic N) is 3. The summed E-state index contributed by atoms with van der Waals surface area (Å²) in [5.41, 5.74) is 2.68. The van der Waals surface area contributed by atoms with Crippen LogP contribution in [-0.4, -0.2) is 33.8 Å². The Morgan fingerprint density at radius 2 is 2.04 bits per heavy atom. The number of nitrogens with one attached hydrogen (secondary N) is 2. The van der Waals surface area contributed by atoms with E-state index in [0.29, 0.717) is 6.54 Å². The molecule has 0 saturated heterocycles. The average Bonchev–Trinajstić information content (AvgIpc) is 2.93. The Morgan fingerprint density at radius 1 is 1.33 bits per heavy atom. The van der Waals surface area contributed by atoms with Gasteiger partial charge in [0.15, 0.2) is 17.3 Å². The molecule has 1 aliphatic heterocycles. The number of aromatic nitrogens is 3. The van der Waals surface area contributed by atoms with Crippen LogP contribution < -0.4 is 10.6 Å². The summed E-state index contributed by atoms with van der Waals surface area (Å²) in [7, 11) is 1.73. The quantitative estimate of drug-likeness (QED) is 0.902. The third-order valence-electron chi connectivity index (χ3n) is 4.01. The van der Waals surface area contributed by atoms with Gasteiger partial charge in [0.2, 0.25) is 0 Å². The number of pyridine rings is 1. The van der Waals surface area contributed by atoms with Crippen LogP contribution in [0.15, 0.2) is 24.0 Å². The molecule has 0 saturated carbocycles. The fourth-order valence-electron chi connectivity index (χ4n) is 2.67. The van der Waals surface area contributed by atoms with Crippen molar-refractivity contribution < 1.29 is 13.6 Å². The third-order valence-corrected chi connectivity index (χ3v) is 4.01. The van der Waals surface area contributed by atoms with Gasteiger partial charge in [-0.3, -0.25) is 14.5 Å². The molecule has 2 aromatic heterocycles. The maximum absolute atomic E-state index is 13.6. The number of halogens is 2. The first-order valence-corrected chi connectivity index (χ1v) is 7.51. The number of carbonyl (C=O) groups excluding carboxylic acids is 1. The van der Waals surface area contributed by atoms with Crippen LogP contribution in [0.25, 0.3) is 5.57 Å². The van der Waals surface area contributed by atoms with Crippen LogP contribution in [0, 0.1) is 11.6 Å². The number of hydrogen-bond acceptors (Lipinski definition) is 4. The van der Waals surface area contributed by atoms with Gasteiger partial charge in [-0.25, -0.2) is 8.78 Å². The molecular formula is C16H17F2N5O. The van der Waals surface area contributed by atoms with E-state index in [1.54, 1.807) is 17.8 Å². The van der Waals surface area contributed by atoms with E-state index in [-0.39, 0.29) is 5.69 Å². The zero-order valence-corrected chi connectivity index (χ0v) is 13.4. The van der Waals surface area contributed by atoms with Crippen LogP contribution in [0.2, 0.25) is 0 Å². The number of rotatable bonds is 3. The van der Waals surface area contributed by atoms with Crippen molar-refractivity contribution in [2.24, 2.45) is 7.05 Å². The van der Waals surface area contributed by atoms with Crippen molar-refractivity contribution in [3.63, 3.8) is 0 Å². The van der Waals surface area contributed by atoms with Gasteiger partial charge in [0, 0.05) is 13.6 Å². The summed E-state index contributed by atoms with van der Waals surface area (Å²) in [5.74, 6) is -2.55. The van der Waals surface area contributed by atoms with Gasteiger partial charge in [-0.15, -0.1) is 0 Å². The van der Waals surface area contributed by atoms with E-state index in [1.165, 1.54) is 5.57 Å². The van der Waals surface area contributed by atoms with Crippen molar-refractivity contribution in [1.82, 2.24) is 20.1 Å². The van der Waals surface area contributed by atoms with Crippen molar-refractivity contribution in [3.8, 4) is 0 Å². The van der Waals surface area contributed by atoms with Crippen LogP contribution in [0.1, 0.15) is 29.5 Å². The molecule has 8 heteroatoms.